The minimum atomic E-state index is -0.462. The largest absolute Gasteiger partial charge is 0.452 e. The van der Waals surface area contributed by atoms with E-state index in [-0.39, 0.29) is 12.6 Å². The molecule has 0 N–H and O–H groups in total. The van der Waals surface area contributed by atoms with Gasteiger partial charge in [-0.2, -0.15) is 0 Å². The van der Waals surface area contributed by atoms with E-state index in [1.165, 1.54) is 19.3 Å². The third-order valence-electron chi connectivity index (χ3n) is 5.33. The maximum atomic E-state index is 12.8. The number of rotatable bonds is 4. The molecule has 0 bridgehead atoms. The highest BCUT2D eigenvalue weighted by Gasteiger charge is 2.42. The smallest absolute Gasteiger partial charge is 0.317 e. The lowest BCUT2D eigenvalue weighted by molar-refractivity contribution is -0.150. The van der Waals surface area contributed by atoms with Crippen LogP contribution in [0.25, 0.3) is 0 Å². The average molecular weight is 325 g/mol. The maximum absolute atomic E-state index is 12.8. The summed E-state index contributed by atoms with van der Waals surface area (Å²) in [5, 5.41) is 0. The molecule has 0 unspecified atom stereocenters. The van der Waals surface area contributed by atoms with Gasteiger partial charge in [-0.1, -0.05) is 61.4 Å². The molecule has 0 atom stereocenters. The highest BCUT2D eigenvalue weighted by molar-refractivity contribution is 5.83. The molecule has 2 aliphatic rings. The van der Waals surface area contributed by atoms with Gasteiger partial charge in [-0.25, -0.2) is 0 Å². The topological polar surface area (TPSA) is 29.5 Å². The summed E-state index contributed by atoms with van der Waals surface area (Å²) in [4.78, 5) is 15.2. The van der Waals surface area contributed by atoms with Crippen molar-refractivity contribution < 1.29 is 9.53 Å². The summed E-state index contributed by atoms with van der Waals surface area (Å²) in [7, 11) is 0. The van der Waals surface area contributed by atoms with Crippen molar-refractivity contribution in [2.45, 2.75) is 50.4 Å². The lowest BCUT2D eigenvalue weighted by Crippen LogP contribution is -2.39. The average Bonchev–Trinajstić information content (AvgIpc) is 3.16. The van der Waals surface area contributed by atoms with Crippen molar-refractivity contribution in [3.63, 3.8) is 0 Å². The van der Waals surface area contributed by atoms with Gasteiger partial charge >= 0.3 is 5.97 Å². The number of carbonyl (C=O) groups excluding carboxylic acids is 1. The van der Waals surface area contributed by atoms with E-state index in [1.807, 2.05) is 18.2 Å². The van der Waals surface area contributed by atoms with Gasteiger partial charge in [-0.15, -0.1) is 0 Å². The summed E-state index contributed by atoms with van der Waals surface area (Å²) >= 11 is 0. The van der Waals surface area contributed by atoms with Crippen LogP contribution in [-0.2, 0) is 14.9 Å². The van der Waals surface area contributed by atoms with Crippen LogP contribution in [0.15, 0.2) is 30.3 Å². The molecule has 3 rings (SSSR count). The fourth-order valence-electron chi connectivity index (χ4n) is 3.92. The molecule has 1 aliphatic carbocycles. The molecule has 0 spiro atoms. The molecular formula is C21H27NO2. The zero-order chi connectivity index (χ0) is 16.7. The first-order valence-electron chi connectivity index (χ1n) is 9.22. The Labute approximate surface area is 145 Å². The predicted octanol–water partition coefficient (Wildman–Crippen LogP) is 3.53. The van der Waals surface area contributed by atoms with Gasteiger partial charge < -0.3 is 4.74 Å². The Morgan fingerprint density at radius 2 is 1.71 bits per heavy atom. The van der Waals surface area contributed by atoms with E-state index in [1.54, 1.807) is 0 Å². The number of hydrogen-bond acceptors (Lipinski definition) is 3. The van der Waals surface area contributed by atoms with Crippen molar-refractivity contribution in [3.8, 4) is 11.8 Å². The van der Waals surface area contributed by atoms with Crippen LogP contribution in [0, 0.1) is 11.8 Å². The van der Waals surface area contributed by atoms with Crippen LogP contribution >= 0.6 is 0 Å². The summed E-state index contributed by atoms with van der Waals surface area (Å²) in [6.07, 6.45) is 7.70. The molecule has 0 radical (unpaired) electrons. The SMILES string of the molecule is O=C(OCC#CCN1CCCC1)C1(c2ccccc2)CCCCC1. The van der Waals surface area contributed by atoms with Crippen LogP contribution in [0.4, 0.5) is 0 Å². The van der Waals surface area contributed by atoms with Crippen molar-refractivity contribution in [2.24, 2.45) is 0 Å². The van der Waals surface area contributed by atoms with Gasteiger partial charge in [0.1, 0.15) is 0 Å². The van der Waals surface area contributed by atoms with Gasteiger partial charge in [0.05, 0.1) is 12.0 Å². The molecule has 2 fully saturated rings. The van der Waals surface area contributed by atoms with Crippen molar-refractivity contribution in [2.75, 3.05) is 26.2 Å². The summed E-state index contributed by atoms with van der Waals surface area (Å²) in [5.74, 6) is 6.06. The van der Waals surface area contributed by atoms with E-state index in [0.29, 0.717) is 0 Å². The Hall–Kier alpha value is -1.79. The lowest BCUT2D eigenvalue weighted by atomic mass is 9.69. The Morgan fingerprint density at radius 1 is 1.00 bits per heavy atom. The number of likely N-dealkylation sites (tertiary alicyclic amines) is 1. The molecular weight excluding hydrogens is 298 g/mol. The lowest BCUT2D eigenvalue weighted by Gasteiger charge is -2.35. The molecule has 0 amide bonds. The minimum Gasteiger partial charge on any atom is -0.452 e. The zero-order valence-electron chi connectivity index (χ0n) is 14.4. The number of esters is 1. The standard InChI is InChI=1S/C21H27NO2/c23-20(24-18-10-9-17-22-15-7-8-16-22)21(13-5-2-6-14-21)19-11-3-1-4-12-19/h1,3-4,11-12H,2,5-8,13-18H2. The van der Waals surface area contributed by atoms with Crippen molar-refractivity contribution in [1.29, 1.82) is 0 Å². The van der Waals surface area contributed by atoms with E-state index >= 15 is 0 Å². The maximum Gasteiger partial charge on any atom is 0.317 e. The molecule has 1 aromatic rings. The van der Waals surface area contributed by atoms with E-state index in [9.17, 15) is 4.79 Å². The highest BCUT2D eigenvalue weighted by atomic mass is 16.5. The van der Waals surface area contributed by atoms with Crippen LogP contribution < -0.4 is 0 Å². The molecule has 0 aromatic heterocycles. The van der Waals surface area contributed by atoms with E-state index < -0.39 is 5.41 Å². The number of carbonyl (C=O) groups is 1. The Kier molecular flexibility index (Phi) is 5.93. The summed E-state index contributed by atoms with van der Waals surface area (Å²) < 4.78 is 5.57. The summed E-state index contributed by atoms with van der Waals surface area (Å²) in [6.45, 7) is 3.29. The quantitative estimate of drug-likeness (QED) is 0.626. The van der Waals surface area contributed by atoms with Gasteiger partial charge in [0, 0.05) is 0 Å². The Bertz CT molecular complexity index is 587. The first-order valence-corrected chi connectivity index (χ1v) is 9.22. The molecule has 3 heteroatoms. The van der Waals surface area contributed by atoms with Crippen molar-refractivity contribution >= 4 is 5.97 Å². The van der Waals surface area contributed by atoms with Crippen LogP contribution in [-0.4, -0.2) is 37.1 Å². The second-order valence-electron chi connectivity index (χ2n) is 6.92. The second kappa shape index (κ2) is 8.35. The molecule has 128 valence electrons. The highest BCUT2D eigenvalue weighted by Crippen LogP contribution is 2.40. The summed E-state index contributed by atoms with van der Waals surface area (Å²) in [5.41, 5.74) is 0.635. The third kappa shape index (κ3) is 3.99. The molecule has 24 heavy (non-hydrogen) atoms. The first kappa shape index (κ1) is 17.0. The number of ether oxygens (including phenoxy) is 1. The van der Waals surface area contributed by atoms with E-state index in [4.69, 9.17) is 4.74 Å². The third-order valence-corrected chi connectivity index (χ3v) is 5.33. The fraction of sp³-hybridized carbons (Fsp3) is 0.571. The zero-order valence-corrected chi connectivity index (χ0v) is 14.4. The minimum absolute atomic E-state index is 0.0936. The van der Waals surface area contributed by atoms with Gasteiger partial charge in [0.15, 0.2) is 6.61 Å². The molecule has 1 aromatic carbocycles. The second-order valence-corrected chi connectivity index (χ2v) is 6.92. The molecule has 1 saturated carbocycles. The number of hydrogen-bond donors (Lipinski definition) is 0. The van der Waals surface area contributed by atoms with Gasteiger partial charge in [0.25, 0.3) is 0 Å². The van der Waals surface area contributed by atoms with E-state index in [0.717, 1.165) is 50.9 Å². The van der Waals surface area contributed by atoms with Gasteiger partial charge in [-0.3, -0.25) is 9.69 Å². The Morgan fingerprint density at radius 3 is 2.42 bits per heavy atom. The van der Waals surface area contributed by atoms with Gasteiger partial charge in [0.2, 0.25) is 0 Å². The molecule has 1 heterocycles. The van der Waals surface area contributed by atoms with Crippen LogP contribution in [0.5, 0.6) is 0 Å². The summed E-state index contributed by atoms with van der Waals surface area (Å²) in [6, 6.07) is 10.1. The predicted molar refractivity (Wildman–Crippen MR) is 95.6 cm³/mol. The van der Waals surface area contributed by atoms with Crippen LogP contribution in [0.2, 0.25) is 0 Å². The molecule has 1 aliphatic heterocycles. The van der Waals surface area contributed by atoms with Crippen molar-refractivity contribution in [1.82, 2.24) is 4.90 Å². The monoisotopic (exact) mass is 325 g/mol. The van der Waals surface area contributed by atoms with E-state index in [2.05, 4.69) is 28.9 Å². The molecule has 3 nitrogen and oxygen atoms in total. The number of nitrogens with zero attached hydrogens (tertiary/aromatic N) is 1. The molecule has 1 saturated heterocycles. The fourth-order valence-corrected chi connectivity index (χ4v) is 3.92. The normalized spacial score (nSPS) is 20.2. The Balaban J connectivity index is 1.59. The first-order chi connectivity index (χ1) is 11.8. The van der Waals surface area contributed by atoms with Crippen LogP contribution in [0.3, 0.4) is 0 Å². The van der Waals surface area contributed by atoms with Crippen LogP contribution in [0.1, 0.15) is 50.5 Å². The van der Waals surface area contributed by atoms with Gasteiger partial charge in [-0.05, 0) is 44.3 Å². The van der Waals surface area contributed by atoms with Crippen molar-refractivity contribution in [3.05, 3.63) is 35.9 Å². The number of benzene rings is 1.